The molecule has 0 radical (unpaired) electrons. The van der Waals surface area contributed by atoms with E-state index >= 15 is 0 Å². The summed E-state index contributed by atoms with van der Waals surface area (Å²) >= 11 is 1.82. The molecule has 0 saturated carbocycles. The molecule has 0 aliphatic rings. The topological polar surface area (TPSA) is 47.3 Å². The Morgan fingerprint density at radius 2 is 2.16 bits per heavy atom. The van der Waals surface area contributed by atoms with E-state index in [9.17, 15) is 0 Å². The zero-order valence-corrected chi connectivity index (χ0v) is 12.2. The van der Waals surface area contributed by atoms with Gasteiger partial charge in [-0.3, -0.25) is 0 Å². The fraction of sp³-hybridized carbons (Fsp3) is 0.333. The number of thiophene rings is 1. The van der Waals surface area contributed by atoms with E-state index in [1.54, 1.807) is 7.11 Å². The van der Waals surface area contributed by atoms with Crippen molar-refractivity contribution in [1.29, 1.82) is 0 Å². The van der Waals surface area contributed by atoms with Crippen LogP contribution in [0, 0.1) is 0 Å². The number of rotatable bonds is 6. The van der Waals surface area contributed by atoms with Gasteiger partial charge in [-0.2, -0.15) is 0 Å². The van der Waals surface area contributed by atoms with Crippen LogP contribution in [0.3, 0.4) is 0 Å². The van der Waals surface area contributed by atoms with Crippen LogP contribution < -0.4 is 15.8 Å². The van der Waals surface area contributed by atoms with E-state index in [1.807, 2.05) is 35.6 Å². The van der Waals surface area contributed by atoms with Gasteiger partial charge in [0, 0.05) is 28.1 Å². The molecule has 0 aliphatic heterocycles. The van der Waals surface area contributed by atoms with Crippen molar-refractivity contribution in [2.45, 2.75) is 19.4 Å². The molecular formula is C15H20N2OS. The van der Waals surface area contributed by atoms with Crippen LogP contribution in [-0.2, 0) is 6.42 Å². The van der Waals surface area contributed by atoms with Crippen LogP contribution in [0.15, 0.2) is 36.4 Å². The molecule has 3 N–H and O–H groups in total. The highest BCUT2D eigenvalue weighted by molar-refractivity contribution is 7.12. The van der Waals surface area contributed by atoms with Crippen molar-refractivity contribution < 1.29 is 4.74 Å². The minimum atomic E-state index is 0.150. The first-order valence-corrected chi connectivity index (χ1v) is 7.27. The molecule has 0 aliphatic carbocycles. The predicted molar refractivity (Wildman–Crippen MR) is 82.1 cm³/mol. The summed E-state index contributed by atoms with van der Waals surface area (Å²) in [4.78, 5) is 2.67. The van der Waals surface area contributed by atoms with Gasteiger partial charge in [-0.1, -0.05) is 13.0 Å². The Labute approximate surface area is 118 Å². The molecule has 19 heavy (non-hydrogen) atoms. The molecule has 0 bridgehead atoms. The Bertz CT molecular complexity index is 524. The molecule has 2 rings (SSSR count). The van der Waals surface area contributed by atoms with Gasteiger partial charge >= 0.3 is 0 Å². The number of hydrogen-bond donors (Lipinski definition) is 2. The van der Waals surface area contributed by atoms with Gasteiger partial charge in [0.1, 0.15) is 5.75 Å². The van der Waals surface area contributed by atoms with Crippen molar-refractivity contribution in [3.8, 4) is 5.75 Å². The van der Waals surface area contributed by atoms with E-state index < -0.39 is 0 Å². The quantitative estimate of drug-likeness (QED) is 0.849. The summed E-state index contributed by atoms with van der Waals surface area (Å²) in [5.41, 5.74) is 6.92. The largest absolute Gasteiger partial charge is 0.497 e. The zero-order valence-electron chi connectivity index (χ0n) is 11.3. The van der Waals surface area contributed by atoms with Gasteiger partial charge in [0.15, 0.2) is 0 Å². The number of nitrogens with one attached hydrogen (secondary N) is 1. The molecule has 4 heteroatoms. The normalized spacial score (nSPS) is 12.2. The fourth-order valence-corrected chi connectivity index (χ4v) is 2.95. The van der Waals surface area contributed by atoms with Crippen LogP contribution in [0.1, 0.15) is 22.7 Å². The number of benzene rings is 1. The van der Waals surface area contributed by atoms with Crippen LogP contribution >= 0.6 is 11.3 Å². The van der Waals surface area contributed by atoms with Gasteiger partial charge in [0.05, 0.1) is 13.2 Å². The summed E-state index contributed by atoms with van der Waals surface area (Å²) in [7, 11) is 1.67. The zero-order chi connectivity index (χ0) is 13.7. The lowest BCUT2D eigenvalue weighted by Gasteiger charge is -2.17. The second-order valence-electron chi connectivity index (χ2n) is 4.32. The maximum absolute atomic E-state index is 5.89. The molecular weight excluding hydrogens is 256 g/mol. The second kappa shape index (κ2) is 6.59. The Kier molecular flexibility index (Phi) is 4.82. The molecule has 2 aromatic rings. The summed E-state index contributed by atoms with van der Waals surface area (Å²) in [5.74, 6) is 0.848. The maximum Gasteiger partial charge on any atom is 0.120 e. The van der Waals surface area contributed by atoms with Crippen molar-refractivity contribution in [3.05, 3.63) is 46.2 Å². The highest BCUT2D eigenvalue weighted by Crippen LogP contribution is 2.27. The summed E-state index contributed by atoms with van der Waals surface area (Å²) in [6.07, 6.45) is 1.07. The Hall–Kier alpha value is -1.52. The molecule has 0 fully saturated rings. The van der Waals surface area contributed by atoms with Crippen molar-refractivity contribution in [2.24, 2.45) is 5.73 Å². The lowest BCUT2D eigenvalue weighted by molar-refractivity contribution is 0.415. The maximum atomic E-state index is 5.89. The van der Waals surface area contributed by atoms with Gasteiger partial charge in [0.2, 0.25) is 0 Å². The number of ether oxygens (including phenoxy) is 1. The monoisotopic (exact) mass is 276 g/mol. The van der Waals surface area contributed by atoms with Crippen molar-refractivity contribution in [1.82, 2.24) is 0 Å². The molecule has 1 heterocycles. The number of aryl methyl sites for hydroxylation is 1. The minimum absolute atomic E-state index is 0.150. The number of nitrogens with two attached hydrogens (primary N) is 1. The first-order valence-electron chi connectivity index (χ1n) is 6.46. The first kappa shape index (κ1) is 13.9. The van der Waals surface area contributed by atoms with E-state index in [4.69, 9.17) is 10.5 Å². The second-order valence-corrected chi connectivity index (χ2v) is 5.52. The highest BCUT2D eigenvalue weighted by atomic mass is 32.1. The van der Waals surface area contributed by atoms with Crippen molar-refractivity contribution in [3.63, 3.8) is 0 Å². The SMILES string of the molecule is CCc1ccc(C(CN)Nc2cccc(OC)c2)s1. The van der Waals surface area contributed by atoms with Crippen molar-refractivity contribution >= 4 is 17.0 Å². The van der Waals surface area contributed by atoms with E-state index in [0.717, 1.165) is 17.9 Å². The highest BCUT2D eigenvalue weighted by Gasteiger charge is 2.12. The van der Waals surface area contributed by atoms with Gasteiger partial charge < -0.3 is 15.8 Å². The number of methoxy groups -OCH3 is 1. The van der Waals surface area contributed by atoms with Crippen LogP contribution in [0.2, 0.25) is 0 Å². The van der Waals surface area contributed by atoms with E-state index in [0.29, 0.717) is 6.54 Å². The lowest BCUT2D eigenvalue weighted by Crippen LogP contribution is -2.19. The predicted octanol–water partition coefficient (Wildman–Crippen LogP) is 3.43. The van der Waals surface area contributed by atoms with Gasteiger partial charge in [-0.15, -0.1) is 11.3 Å². The Morgan fingerprint density at radius 1 is 1.32 bits per heavy atom. The van der Waals surface area contributed by atoms with Crippen LogP contribution in [0.4, 0.5) is 5.69 Å². The Balaban J connectivity index is 2.13. The molecule has 3 nitrogen and oxygen atoms in total. The first-order chi connectivity index (χ1) is 9.26. The number of anilines is 1. The minimum Gasteiger partial charge on any atom is -0.497 e. The van der Waals surface area contributed by atoms with Crippen LogP contribution in [0.25, 0.3) is 0 Å². The van der Waals surface area contributed by atoms with Crippen LogP contribution in [0.5, 0.6) is 5.75 Å². The molecule has 0 spiro atoms. The van der Waals surface area contributed by atoms with E-state index in [2.05, 4.69) is 24.4 Å². The molecule has 102 valence electrons. The lowest BCUT2D eigenvalue weighted by atomic mass is 10.2. The molecule has 0 saturated heterocycles. The van der Waals surface area contributed by atoms with Gasteiger partial charge in [0.25, 0.3) is 0 Å². The molecule has 1 unspecified atom stereocenters. The summed E-state index contributed by atoms with van der Waals surface area (Å²) in [6.45, 7) is 2.74. The summed E-state index contributed by atoms with van der Waals surface area (Å²) in [6, 6.07) is 12.4. The third-order valence-corrected chi connectivity index (χ3v) is 4.36. The summed E-state index contributed by atoms with van der Waals surface area (Å²) in [5, 5.41) is 3.46. The molecule has 1 atom stereocenters. The van der Waals surface area contributed by atoms with E-state index in [-0.39, 0.29) is 6.04 Å². The van der Waals surface area contributed by atoms with Gasteiger partial charge in [-0.25, -0.2) is 0 Å². The smallest absolute Gasteiger partial charge is 0.120 e. The van der Waals surface area contributed by atoms with E-state index in [1.165, 1.54) is 9.75 Å². The third kappa shape index (κ3) is 3.49. The standard InChI is InChI=1S/C15H20N2OS/c1-3-13-7-8-15(19-13)14(10-16)17-11-5-4-6-12(9-11)18-2/h4-9,14,17H,3,10,16H2,1-2H3. The van der Waals surface area contributed by atoms with Crippen molar-refractivity contribution in [2.75, 3.05) is 19.0 Å². The Morgan fingerprint density at radius 3 is 2.79 bits per heavy atom. The summed E-state index contributed by atoms with van der Waals surface area (Å²) < 4.78 is 5.23. The fourth-order valence-electron chi connectivity index (χ4n) is 1.93. The average molecular weight is 276 g/mol. The molecule has 0 amide bonds. The molecule has 1 aromatic carbocycles. The third-order valence-electron chi connectivity index (χ3n) is 3.02. The number of hydrogen-bond acceptors (Lipinski definition) is 4. The van der Waals surface area contributed by atoms with Crippen LogP contribution in [-0.4, -0.2) is 13.7 Å². The average Bonchev–Trinajstić information content (AvgIpc) is 2.93. The van der Waals surface area contributed by atoms with Gasteiger partial charge in [-0.05, 0) is 30.7 Å². The molecule has 1 aromatic heterocycles.